The number of carbonyl (C=O) groups excluding carboxylic acids is 1. The molecule has 2 aliphatic rings. The normalized spacial score (nSPS) is 23.2. The summed E-state index contributed by atoms with van der Waals surface area (Å²) in [6.07, 6.45) is 4.31. The topological polar surface area (TPSA) is 74.5 Å². The number of methoxy groups -OCH3 is 2. The van der Waals surface area contributed by atoms with E-state index in [0.717, 1.165) is 19.3 Å². The molecule has 2 aliphatic carbocycles. The van der Waals surface area contributed by atoms with Gasteiger partial charge in [0, 0.05) is 7.11 Å². The second-order valence-corrected chi connectivity index (χ2v) is 5.05. The number of nitrogens with zero attached hydrogens (tertiary/aromatic N) is 2. The maximum absolute atomic E-state index is 11.7. The summed E-state index contributed by atoms with van der Waals surface area (Å²) in [6.45, 7) is 0. The highest BCUT2D eigenvalue weighted by molar-refractivity contribution is 5.85. The van der Waals surface area contributed by atoms with Crippen LogP contribution in [0.15, 0.2) is 4.52 Å². The van der Waals surface area contributed by atoms with Crippen LogP contribution in [-0.2, 0) is 25.3 Å². The summed E-state index contributed by atoms with van der Waals surface area (Å²) in [7, 11) is 3.03. The van der Waals surface area contributed by atoms with Crippen molar-refractivity contribution in [2.45, 2.75) is 43.1 Å². The van der Waals surface area contributed by atoms with Gasteiger partial charge in [0.1, 0.15) is 11.0 Å². The molecule has 6 heteroatoms. The minimum atomic E-state index is -0.696. The van der Waals surface area contributed by atoms with Crippen molar-refractivity contribution in [2.75, 3.05) is 14.2 Å². The van der Waals surface area contributed by atoms with E-state index in [1.54, 1.807) is 7.11 Å². The van der Waals surface area contributed by atoms with Crippen LogP contribution in [0.4, 0.5) is 0 Å². The van der Waals surface area contributed by atoms with Gasteiger partial charge in [0.25, 0.3) is 0 Å². The third kappa shape index (κ3) is 1.41. The average molecular weight is 252 g/mol. The molecule has 0 aliphatic heterocycles. The van der Waals surface area contributed by atoms with E-state index in [2.05, 4.69) is 10.1 Å². The van der Waals surface area contributed by atoms with Crippen LogP contribution in [0, 0.1) is 0 Å². The maximum Gasteiger partial charge on any atom is 0.321 e. The molecule has 0 saturated heterocycles. The molecule has 1 heterocycles. The van der Waals surface area contributed by atoms with E-state index in [-0.39, 0.29) is 5.97 Å². The Morgan fingerprint density at radius 3 is 2.44 bits per heavy atom. The Kier molecular flexibility index (Phi) is 2.45. The second kappa shape index (κ2) is 3.78. The highest BCUT2D eigenvalue weighted by atomic mass is 16.5. The van der Waals surface area contributed by atoms with Gasteiger partial charge in [0.05, 0.1) is 7.11 Å². The molecule has 0 bridgehead atoms. The molecule has 2 saturated carbocycles. The van der Waals surface area contributed by atoms with Gasteiger partial charge >= 0.3 is 5.97 Å². The standard InChI is InChI=1S/C12H16N2O4/c1-16-10(15)11(6-7-11)9-13-8(14-18-9)12(17-2)4-3-5-12/h3-7H2,1-2H3. The lowest BCUT2D eigenvalue weighted by molar-refractivity contribution is -0.144. The molecule has 1 aromatic heterocycles. The van der Waals surface area contributed by atoms with E-state index < -0.39 is 11.0 Å². The number of carbonyl (C=O) groups is 1. The molecule has 3 rings (SSSR count). The fraction of sp³-hybridized carbons (Fsp3) is 0.750. The Bertz CT molecular complexity index is 469. The van der Waals surface area contributed by atoms with Crippen molar-refractivity contribution < 1.29 is 18.8 Å². The lowest BCUT2D eigenvalue weighted by Crippen LogP contribution is -2.37. The number of esters is 1. The second-order valence-electron chi connectivity index (χ2n) is 5.05. The van der Waals surface area contributed by atoms with Crippen LogP contribution in [0.2, 0.25) is 0 Å². The first-order valence-electron chi connectivity index (χ1n) is 6.15. The van der Waals surface area contributed by atoms with Crippen LogP contribution in [0.5, 0.6) is 0 Å². The lowest BCUT2D eigenvalue weighted by Gasteiger charge is -2.37. The van der Waals surface area contributed by atoms with Gasteiger partial charge in [-0.25, -0.2) is 0 Å². The minimum absolute atomic E-state index is 0.294. The lowest BCUT2D eigenvalue weighted by atomic mass is 9.79. The Morgan fingerprint density at radius 1 is 1.28 bits per heavy atom. The van der Waals surface area contributed by atoms with E-state index in [9.17, 15) is 4.79 Å². The number of rotatable bonds is 4. The van der Waals surface area contributed by atoms with Crippen molar-refractivity contribution in [3.8, 4) is 0 Å². The smallest absolute Gasteiger partial charge is 0.321 e. The van der Waals surface area contributed by atoms with Gasteiger partial charge in [-0.2, -0.15) is 4.98 Å². The van der Waals surface area contributed by atoms with Crippen molar-refractivity contribution in [1.82, 2.24) is 10.1 Å². The van der Waals surface area contributed by atoms with Gasteiger partial charge in [-0.3, -0.25) is 4.79 Å². The van der Waals surface area contributed by atoms with Crippen LogP contribution in [0.1, 0.15) is 43.8 Å². The molecule has 0 radical (unpaired) electrons. The summed E-state index contributed by atoms with van der Waals surface area (Å²) in [5.41, 5.74) is -1.10. The molecule has 0 amide bonds. The van der Waals surface area contributed by atoms with Crippen molar-refractivity contribution in [2.24, 2.45) is 0 Å². The third-order valence-corrected chi connectivity index (χ3v) is 4.12. The number of hydrogen-bond acceptors (Lipinski definition) is 6. The molecule has 0 atom stereocenters. The Morgan fingerprint density at radius 2 is 2.00 bits per heavy atom. The highest BCUT2D eigenvalue weighted by Crippen LogP contribution is 2.50. The number of hydrogen-bond donors (Lipinski definition) is 0. The van der Waals surface area contributed by atoms with Crippen LogP contribution < -0.4 is 0 Å². The summed E-state index contributed by atoms with van der Waals surface area (Å²) in [4.78, 5) is 16.1. The van der Waals surface area contributed by atoms with E-state index in [1.807, 2.05) is 0 Å². The molecule has 0 unspecified atom stereocenters. The molecular formula is C12H16N2O4. The molecule has 0 N–H and O–H groups in total. The monoisotopic (exact) mass is 252 g/mol. The molecule has 98 valence electrons. The van der Waals surface area contributed by atoms with E-state index in [0.29, 0.717) is 24.6 Å². The summed E-state index contributed by atoms with van der Waals surface area (Å²) >= 11 is 0. The van der Waals surface area contributed by atoms with Crippen LogP contribution in [0.3, 0.4) is 0 Å². The molecule has 0 spiro atoms. The molecule has 2 fully saturated rings. The van der Waals surface area contributed by atoms with Crippen LogP contribution in [-0.4, -0.2) is 30.3 Å². The van der Waals surface area contributed by atoms with Gasteiger partial charge in [-0.1, -0.05) is 5.16 Å². The maximum atomic E-state index is 11.7. The van der Waals surface area contributed by atoms with Gasteiger partial charge in [0.15, 0.2) is 0 Å². The number of ether oxygens (including phenoxy) is 2. The molecule has 6 nitrogen and oxygen atoms in total. The van der Waals surface area contributed by atoms with Gasteiger partial charge in [-0.05, 0) is 32.1 Å². The fourth-order valence-electron chi connectivity index (χ4n) is 2.45. The Hall–Kier alpha value is -1.43. The largest absolute Gasteiger partial charge is 0.468 e. The van der Waals surface area contributed by atoms with Crippen LogP contribution in [0.25, 0.3) is 0 Å². The van der Waals surface area contributed by atoms with Gasteiger partial charge < -0.3 is 14.0 Å². The van der Waals surface area contributed by atoms with Crippen molar-refractivity contribution in [3.63, 3.8) is 0 Å². The predicted octanol–water partition coefficient (Wildman–Crippen LogP) is 1.30. The summed E-state index contributed by atoms with van der Waals surface area (Å²) in [5.74, 6) is 0.631. The first kappa shape index (κ1) is 11.6. The van der Waals surface area contributed by atoms with E-state index in [4.69, 9.17) is 14.0 Å². The van der Waals surface area contributed by atoms with Crippen molar-refractivity contribution in [1.29, 1.82) is 0 Å². The first-order valence-corrected chi connectivity index (χ1v) is 6.15. The van der Waals surface area contributed by atoms with Crippen molar-refractivity contribution in [3.05, 3.63) is 11.7 Å². The van der Waals surface area contributed by atoms with E-state index in [1.165, 1.54) is 7.11 Å². The minimum Gasteiger partial charge on any atom is -0.468 e. The quantitative estimate of drug-likeness (QED) is 0.752. The van der Waals surface area contributed by atoms with E-state index >= 15 is 0 Å². The molecule has 18 heavy (non-hydrogen) atoms. The summed E-state index contributed by atoms with van der Waals surface area (Å²) in [5, 5.41) is 3.99. The zero-order valence-electron chi connectivity index (χ0n) is 10.6. The van der Waals surface area contributed by atoms with Gasteiger partial charge in [0.2, 0.25) is 11.7 Å². The van der Waals surface area contributed by atoms with Crippen molar-refractivity contribution >= 4 is 5.97 Å². The molecule has 1 aromatic rings. The zero-order chi connectivity index (χ0) is 12.8. The Labute approximate surface area is 105 Å². The molecular weight excluding hydrogens is 236 g/mol. The SMILES string of the molecule is COC(=O)C1(c2nc(C3(OC)CCC3)no2)CC1. The highest BCUT2D eigenvalue weighted by Gasteiger charge is 2.58. The summed E-state index contributed by atoms with van der Waals surface area (Å²) in [6, 6.07) is 0. The first-order chi connectivity index (χ1) is 8.67. The fourth-order valence-corrected chi connectivity index (χ4v) is 2.45. The zero-order valence-corrected chi connectivity index (χ0v) is 10.6. The Balaban J connectivity index is 1.88. The molecule has 0 aromatic carbocycles. The predicted molar refractivity (Wildman–Crippen MR) is 59.8 cm³/mol. The third-order valence-electron chi connectivity index (χ3n) is 4.12. The van der Waals surface area contributed by atoms with Gasteiger partial charge in [-0.15, -0.1) is 0 Å². The van der Waals surface area contributed by atoms with Crippen LogP contribution >= 0.6 is 0 Å². The summed E-state index contributed by atoms with van der Waals surface area (Å²) < 4.78 is 15.5. The average Bonchev–Trinajstić information content (AvgIpc) is 3.01. The number of aromatic nitrogens is 2.